The highest BCUT2D eigenvalue weighted by molar-refractivity contribution is 6.33. The lowest BCUT2D eigenvalue weighted by Crippen LogP contribution is -2.36. The van der Waals surface area contributed by atoms with E-state index in [9.17, 15) is 4.79 Å². The number of benzene rings is 2. The Bertz CT molecular complexity index is 1470. The first-order valence-corrected chi connectivity index (χ1v) is 14.1. The lowest BCUT2D eigenvalue weighted by atomic mass is 9.85. The molecule has 0 unspecified atom stereocenters. The van der Waals surface area contributed by atoms with E-state index in [1.807, 2.05) is 54.7 Å². The number of hydrogen-bond acceptors (Lipinski definition) is 6. The van der Waals surface area contributed by atoms with Crippen molar-refractivity contribution >= 4 is 45.7 Å². The van der Waals surface area contributed by atoms with Crippen molar-refractivity contribution in [1.29, 1.82) is 0 Å². The minimum atomic E-state index is 0.0253. The fraction of sp³-hybridized carbons (Fsp3) is 0.323. The number of para-hydroxylation sites is 1. The quantitative estimate of drug-likeness (QED) is 0.173. The van der Waals surface area contributed by atoms with Gasteiger partial charge in [0.1, 0.15) is 0 Å². The maximum Gasteiger partial charge on any atom is 0.227 e. The van der Waals surface area contributed by atoms with Crippen molar-refractivity contribution in [1.82, 2.24) is 25.2 Å². The van der Waals surface area contributed by atoms with Crippen molar-refractivity contribution in [3.8, 4) is 11.3 Å². The highest BCUT2D eigenvalue weighted by atomic mass is 35.5. The molecule has 0 spiro atoms. The van der Waals surface area contributed by atoms with Crippen LogP contribution in [0.1, 0.15) is 25.7 Å². The van der Waals surface area contributed by atoms with Crippen LogP contribution < -0.4 is 16.0 Å². The molecule has 1 amide bonds. The van der Waals surface area contributed by atoms with Crippen LogP contribution in [-0.4, -0.2) is 59.0 Å². The Balaban J connectivity index is 1.17. The molecule has 8 nitrogen and oxygen atoms in total. The summed E-state index contributed by atoms with van der Waals surface area (Å²) in [5, 5.41) is 11.5. The van der Waals surface area contributed by atoms with E-state index in [0.29, 0.717) is 22.7 Å². The molecule has 4 N–H and O–H groups in total. The maximum absolute atomic E-state index is 13.0. The molecule has 4 aromatic rings. The SMILES string of the molecule is CN(C)C/C=C/CNC1CCC(C(=O)Nc2cccc(Nc3ncc(Cl)c(-c4c[nH]c5ccccc45)n3)c2)CC1. The summed E-state index contributed by atoms with van der Waals surface area (Å²) in [5.41, 5.74) is 4.10. The van der Waals surface area contributed by atoms with E-state index >= 15 is 0 Å². The molecule has 2 aromatic heterocycles. The molecule has 208 valence electrons. The summed E-state index contributed by atoms with van der Waals surface area (Å²) in [5.74, 6) is 0.527. The monoisotopic (exact) mass is 557 g/mol. The molecule has 2 aromatic carbocycles. The van der Waals surface area contributed by atoms with Gasteiger partial charge in [-0.15, -0.1) is 0 Å². The van der Waals surface area contributed by atoms with E-state index < -0.39 is 0 Å². The van der Waals surface area contributed by atoms with Crippen LogP contribution in [0.3, 0.4) is 0 Å². The van der Waals surface area contributed by atoms with Gasteiger partial charge >= 0.3 is 0 Å². The van der Waals surface area contributed by atoms with E-state index in [1.54, 1.807) is 6.20 Å². The second-order valence-corrected chi connectivity index (χ2v) is 10.9. The zero-order valence-corrected chi connectivity index (χ0v) is 23.7. The summed E-state index contributed by atoms with van der Waals surface area (Å²) in [4.78, 5) is 27.5. The lowest BCUT2D eigenvalue weighted by Gasteiger charge is -2.28. The fourth-order valence-corrected chi connectivity index (χ4v) is 5.29. The number of aromatic amines is 1. The van der Waals surface area contributed by atoms with Crippen molar-refractivity contribution in [3.05, 3.63) is 78.1 Å². The van der Waals surface area contributed by atoms with Gasteiger partial charge in [0.25, 0.3) is 0 Å². The number of fused-ring (bicyclic) bond motifs is 1. The topological polar surface area (TPSA) is 98.0 Å². The van der Waals surface area contributed by atoms with Gasteiger partial charge in [-0.25, -0.2) is 9.97 Å². The number of rotatable bonds is 10. The number of hydrogen-bond donors (Lipinski definition) is 4. The number of carbonyl (C=O) groups excluding carboxylic acids is 1. The first-order valence-electron chi connectivity index (χ1n) is 13.8. The number of aromatic nitrogens is 3. The summed E-state index contributed by atoms with van der Waals surface area (Å²) in [6, 6.07) is 16.1. The minimum Gasteiger partial charge on any atom is -0.360 e. The summed E-state index contributed by atoms with van der Waals surface area (Å²) in [6.07, 6.45) is 11.7. The number of likely N-dealkylation sites (N-methyl/N-ethyl adjacent to an activating group) is 1. The lowest BCUT2D eigenvalue weighted by molar-refractivity contribution is -0.120. The molecular formula is C31H36ClN7O. The van der Waals surface area contributed by atoms with Gasteiger partial charge < -0.3 is 25.8 Å². The highest BCUT2D eigenvalue weighted by Gasteiger charge is 2.26. The summed E-state index contributed by atoms with van der Waals surface area (Å²) in [7, 11) is 4.12. The predicted octanol–water partition coefficient (Wildman–Crippen LogP) is 6.23. The second-order valence-electron chi connectivity index (χ2n) is 10.5. The Kier molecular flexibility index (Phi) is 9.11. The summed E-state index contributed by atoms with van der Waals surface area (Å²) in [6.45, 7) is 1.82. The summed E-state index contributed by atoms with van der Waals surface area (Å²) >= 11 is 6.48. The molecule has 1 saturated carbocycles. The van der Waals surface area contributed by atoms with Crippen molar-refractivity contribution in [2.45, 2.75) is 31.7 Å². The number of amides is 1. The van der Waals surface area contributed by atoms with Gasteiger partial charge in [-0.1, -0.05) is 48.0 Å². The number of nitrogens with zero attached hydrogens (tertiary/aromatic N) is 3. The Labute approximate surface area is 240 Å². The molecule has 1 fully saturated rings. The number of carbonyl (C=O) groups is 1. The first kappa shape index (κ1) is 27.8. The first-order chi connectivity index (χ1) is 19.5. The third-order valence-corrected chi connectivity index (χ3v) is 7.51. The van der Waals surface area contributed by atoms with E-state index in [-0.39, 0.29) is 11.8 Å². The zero-order chi connectivity index (χ0) is 27.9. The standard InChI is InChI=1S/C31H36ClN7O/c1-39(2)17-6-5-16-33-22-14-12-21(13-15-22)30(40)36-23-8-7-9-24(18-23)37-31-35-20-27(32)29(38-31)26-19-34-28-11-4-3-10-25(26)28/h3-11,18-22,33-34H,12-17H2,1-2H3,(H,36,40)(H,35,37,38)/b6-5+. The van der Waals surface area contributed by atoms with Gasteiger partial charge in [-0.05, 0) is 64.0 Å². The Morgan fingerprint density at radius 1 is 1.07 bits per heavy atom. The van der Waals surface area contributed by atoms with Crippen LogP contribution in [0.25, 0.3) is 22.2 Å². The van der Waals surface area contributed by atoms with Gasteiger partial charge in [0.15, 0.2) is 0 Å². The predicted molar refractivity (Wildman–Crippen MR) is 164 cm³/mol. The third kappa shape index (κ3) is 7.07. The molecule has 1 aliphatic rings. The fourth-order valence-electron chi connectivity index (χ4n) is 5.09. The van der Waals surface area contributed by atoms with E-state index in [4.69, 9.17) is 16.6 Å². The molecule has 0 saturated heterocycles. The largest absolute Gasteiger partial charge is 0.360 e. The van der Waals surface area contributed by atoms with Crippen molar-refractivity contribution in [2.24, 2.45) is 5.92 Å². The van der Waals surface area contributed by atoms with Crippen LogP contribution in [-0.2, 0) is 4.79 Å². The minimum absolute atomic E-state index is 0.0253. The molecule has 9 heteroatoms. The highest BCUT2D eigenvalue weighted by Crippen LogP contribution is 2.33. The van der Waals surface area contributed by atoms with Gasteiger partial charge in [-0.3, -0.25) is 4.79 Å². The van der Waals surface area contributed by atoms with E-state index in [2.05, 4.69) is 57.1 Å². The van der Waals surface area contributed by atoms with Crippen molar-refractivity contribution in [3.63, 3.8) is 0 Å². The number of H-pyrrole nitrogens is 1. The molecule has 0 radical (unpaired) electrons. The van der Waals surface area contributed by atoms with Crippen molar-refractivity contribution < 1.29 is 4.79 Å². The number of halogens is 1. The van der Waals surface area contributed by atoms with Crippen LogP contribution in [0, 0.1) is 5.92 Å². The Hall–Kier alpha value is -3.72. The van der Waals surface area contributed by atoms with Crippen LogP contribution in [0.5, 0.6) is 0 Å². The average Bonchev–Trinajstić information content (AvgIpc) is 3.38. The molecule has 2 heterocycles. The van der Waals surface area contributed by atoms with E-state index in [0.717, 1.165) is 66.6 Å². The maximum atomic E-state index is 13.0. The molecular weight excluding hydrogens is 522 g/mol. The molecule has 0 atom stereocenters. The van der Waals surface area contributed by atoms with Crippen LogP contribution in [0.15, 0.2) is 73.1 Å². The molecule has 0 aliphatic heterocycles. The smallest absolute Gasteiger partial charge is 0.227 e. The molecule has 0 bridgehead atoms. The molecule has 5 rings (SSSR count). The van der Waals surface area contributed by atoms with Crippen LogP contribution >= 0.6 is 11.6 Å². The molecule has 40 heavy (non-hydrogen) atoms. The van der Waals surface area contributed by atoms with Gasteiger partial charge in [0.2, 0.25) is 11.9 Å². The zero-order valence-electron chi connectivity index (χ0n) is 23.0. The van der Waals surface area contributed by atoms with Gasteiger partial charge in [0, 0.05) is 59.1 Å². The van der Waals surface area contributed by atoms with Gasteiger partial charge in [0.05, 0.1) is 16.9 Å². The van der Waals surface area contributed by atoms with Crippen LogP contribution in [0.4, 0.5) is 17.3 Å². The third-order valence-electron chi connectivity index (χ3n) is 7.23. The number of nitrogens with one attached hydrogen (secondary N) is 4. The average molecular weight is 558 g/mol. The van der Waals surface area contributed by atoms with Crippen molar-refractivity contribution in [2.75, 3.05) is 37.8 Å². The van der Waals surface area contributed by atoms with Crippen LogP contribution in [0.2, 0.25) is 5.02 Å². The Morgan fingerprint density at radius 2 is 1.88 bits per heavy atom. The summed E-state index contributed by atoms with van der Waals surface area (Å²) < 4.78 is 0. The second kappa shape index (κ2) is 13.1. The normalized spacial score (nSPS) is 17.5. The molecule has 1 aliphatic carbocycles. The van der Waals surface area contributed by atoms with E-state index in [1.165, 1.54) is 0 Å². The Morgan fingerprint density at radius 3 is 2.70 bits per heavy atom. The van der Waals surface area contributed by atoms with Gasteiger partial charge in [-0.2, -0.15) is 0 Å². The number of anilines is 3.